The molecule has 0 aromatic heterocycles. The maximum atomic E-state index is 12.5. The molecule has 154 valence electrons. The van der Waals surface area contributed by atoms with Crippen molar-refractivity contribution < 1.29 is 4.79 Å². The molecular weight excluding hydrogens is 346 g/mol. The second kappa shape index (κ2) is 8.54. The van der Waals surface area contributed by atoms with Crippen molar-refractivity contribution in [2.75, 3.05) is 26.2 Å². The molecule has 0 spiro atoms. The van der Waals surface area contributed by atoms with Gasteiger partial charge in [-0.3, -0.25) is 10.2 Å². The minimum absolute atomic E-state index is 0.206. The zero-order valence-corrected chi connectivity index (χ0v) is 17.5. The van der Waals surface area contributed by atoms with Gasteiger partial charge >= 0.3 is 0 Å². The first-order chi connectivity index (χ1) is 13.6. The third-order valence-electron chi connectivity index (χ3n) is 7.79. The first kappa shape index (κ1) is 19.9. The highest BCUT2D eigenvalue weighted by molar-refractivity contribution is 5.75. The summed E-state index contributed by atoms with van der Waals surface area (Å²) in [6.07, 6.45) is 11.0. The average Bonchev–Trinajstić information content (AvgIpc) is 2.73. The van der Waals surface area contributed by atoms with Crippen LogP contribution in [-0.4, -0.2) is 37.1 Å². The Morgan fingerprint density at radius 2 is 1.96 bits per heavy atom. The molecule has 2 aliphatic carbocycles. The molecule has 3 atom stereocenters. The lowest BCUT2D eigenvalue weighted by molar-refractivity contribution is -0.126. The van der Waals surface area contributed by atoms with Gasteiger partial charge in [0, 0.05) is 32.6 Å². The molecule has 3 fully saturated rings. The van der Waals surface area contributed by atoms with E-state index in [0.29, 0.717) is 23.2 Å². The Balaban J connectivity index is 1.42. The van der Waals surface area contributed by atoms with E-state index in [1.54, 1.807) is 5.56 Å². The molecule has 1 saturated heterocycles. The molecule has 1 aromatic rings. The van der Waals surface area contributed by atoms with Crippen LogP contribution in [0.3, 0.4) is 0 Å². The fraction of sp³-hybridized carbons (Fsp3) is 0.708. The predicted octanol–water partition coefficient (Wildman–Crippen LogP) is 4.02. The Morgan fingerprint density at radius 1 is 1.18 bits per heavy atom. The molecule has 1 amide bonds. The molecule has 2 N–H and O–H groups in total. The maximum absolute atomic E-state index is 12.5. The SMILES string of the molecule is CC[C@@]12CCC[C@@](c3ccccc3)(CC(CCC(=O)NN3CCNCC3)C1)C2. The van der Waals surface area contributed by atoms with Gasteiger partial charge in [-0.05, 0) is 60.8 Å². The van der Waals surface area contributed by atoms with Crippen LogP contribution in [0.4, 0.5) is 0 Å². The summed E-state index contributed by atoms with van der Waals surface area (Å²) in [5.74, 6) is 0.875. The van der Waals surface area contributed by atoms with Crippen molar-refractivity contribution in [3.63, 3.8) is 0 Å². The molecule has 2 saturated carbocycles. The van der Waals surface area contributed by atoms with Crippen molar-refractivity contribution in [3.05, 3.63) is 35.9 Å². The predicted molar refractivity (Wildman–Crippen MR) is 114 cm³/mol. The van der Waals surface area contributed by atoms with Gasteiger partial charge in [-0.25, -0.2) is 5.01 Å². The molecule has 4 rings (SSSR count). The Bertz CT molecular complexity index is 657. The van der Waals surface area contributed by atoms with Crippen molar-refractivity contribution in [2.45, 2.75) is 70.1 Å². The Kier molecular flexibility index (Phi) is 6.07. The summed E-state index contributed by atoms with van der Waals surface area (Å²) in [7, 11) is 0. The lowest BCUT2D eigenvalue weighted by Crippen LogP contribution is -2.52. The van der Waals surface area contributed by atoms with E-state index in [-0.39, 0.29) is 5.91 Å². The second-order valence-electron chi connectivity index (χ2n) is 9.62. The molecule has 28 heavy (non-hydrogen) atoms. The van der Waals surface area contributed by atoms with Crippen LogP contribution in [0.25, 0.3) is 0 Å². The topological polar surface area (TPSA) is 44.4 Å². The monoisotopic (exact) mass is 383 g/mol. The van der Waals surface area contributed by atoms with Crippen molar-refractivity contribution in [3.8, 4) is 0 Å². The summed E-state index contributed by atoms with van der Waals surface area (Å²) in [4.78, 5) is 12.5. The molecule has 2 bridgehead atoms. The van der Waals surface area contributed by atoms with E-state index >= 15 is 0 Å². The van der Waals surface area contributed by atoms with Crippen LogP contribution < -0.4 is 10.7 Å². The number of rotatable bonds is 6. The molecule has 4 nitrogen and oxygen atoms in total. The van der Waals surface area contributed by atoms with Crippen molar-refractivity contribution in [2.24, 2.45) is 11.3 Å². The molecular formula is C24H37N3O. The van der Waals surface area contributed by atoms with E-state index in [1.807, 2.05) is 0 Å². The van der Waals surface area contributed by atoms with E-state index in [0.717, 1.165) is 32.6 Å². The highest BCUT2D eigenvalue weighted by atomic mass is 16.2. The van der Waals surface area contributed by atoms with E-state index in [2.05, 4.69) is 53.0 Å². The molecule has 1 aliphatic heterocycles. The van der Waals surface area contributed by atoms with Crippen molar-refractivity contribution in [1.82, 2.24) is 15.8 Å². The van der Waals surface area contributed by atoms with Crippen LogP contribution >= 0.6 is 0 Å². The largest absolute Gasteiger partial charge is 0.314 e. The minimum atomic E-state index is 0.206. The number of nitrogens with zero attached hydrogens (tertiary/aromatic N) is 1. The highest BCUT2D eigenvalue weighted by Crippen LogP contribution is 2.60. The standard InChI is InChI=1S/C24H37N3O/c1-2-23-11-6-12-24(19-23,21-7-4-3-5-8-21)18-20(17-23)9-10-22(28)26-27-15-13-25-14-16-27/h3-5,7-8,20,25H,2,6,9-19H2,1H3,(H,26,28)/t20?,23-,24-/m1/s1. The number of hydrogen-bond donors (Lipinski definition) is 2. The second-order valence-corrected chi connectivity index (χ2v) is 9.62. The van der Waals surface area contributed by atoms with E-state index in [9.17, 15) is 4.79 Å². The summed E-state index contributed by atoms with van der Waals surface area (Å²) in [6.45, 7) is 6.13. The van der Waals surface area contributed by atoms with Crippen LogP contribution in [0.1, 0.15) is 70.3 Å². The van der Waals surface area contributed by atoms with Crippen molar-refractivity contribution in [1.29, 1.82) is 0 Å². The molecule has 1 heterocycles. The van der Waals surface area contributed by atoms with Crippen LogP contribution in [0, 0.1) is 11.3 Å². The van der Waals surface area contributed by atoms with Gasteiger partial charge in [-0.15, -0.1) is 0 Å². The summed E-state index contributed by atoms with van der Waals surface area (Å²) in [5.41, 5.74) is 5.50. The Labute approximate surface area is 170 Å². The number of benzene rings is 1. The van der Waals surface area contributed by atoms with Gasteiger partial charge in [-0.1, -0.05) is 50.1 Å². The highest BCUT2D eigenvalue weighted by Gasteiger charge is 2.50. The first-order valence-corrected chi connectivity index (χ1v) is 11.4. The number of amides is 1. The number of carbonyl (C=O) groups excluding carboxylic acids is 1. The smallest absolute Gasteiger partial charge is 0.234 e. The third-order valence-corrected chi connectivity index (χ3v) is 7.79. The lowest BCUT2D eigenvalue weighted by Gasteiger charge is -2.55. The van der Waals surface area contributed by atoms with Gasteiger partial charge in [0.1, 0.15) is 0 Å². The molecule has 0 radical (unpaired) electrons. The summed E-state index contributed by atoms with van der Waals surface area (Å²) >= 11 is 0. The fourth-order valence-electron chi connectivity index (χ4n) is 6.43. The van der Waals surface area contributed by atoms with Crippen LogP contribution in [0.15, 0.2) is 30.3 Å². The quantitative estimate of drug-likeness (QED) is 0.780. The Hall–Kier alpha value is -1.39. The number of hydrazine groups is 1. The van der Waals surface area contributed by atoms with Crippen LogP contribution in [0.2, 0.25) is 0 Å². The van der Waals surface area contributed by atoms with Crippen LogP contribution in [-0.2, 0) is 10.2 Å². The van der Waals surface area contributed by atoms with E-state index < -0.39 is 0 Å². The molecule has 4 heteroatoms. The van der Waals surface area contributed by atoms with Crippen molar-refractivity contribution >= 4 is 5.91 Å². The van der Waals surface area contributed by atoms with Gasteiger partial charge in [0.15, 0.2) is 0 Å². The summed E-state index contributed by atoms with van der Waals surface area (Å²) < 4.78 is 0. The maximum Gasteiger partial charge on any atom is 0.234 e. The van der Waals surface area contributed by atoms with Gasteiger partial charge < -0.3 is 5.32 Å². The fourth-order valence-corrected chi connectivity index (χ4v) is 6.43. The van der Waals surface area contributed by atoms with Gasteiger partial charge in [0.25, 0.3) is 0 Å². The first-order valence-electron chi connectivity index (χ1n) is 11.4. The number of carbonyl (C=O) groups is 1. The summed E-state index contributed by atoms with van der Waals surface area (Å²) in [6, 6.07) is 11.3. The Morgan fingerprint density at radius 3 is 2.71 bits per heavy atom. The number of fused-ring (bicyclic) bond motifs is 2. The minimum Gasteiger partial charge on any atom is -0.314 e. The molecule has 1 unspecified atom stereocenters. The average molecular weight is 384 g/mol. The van der Waals surface area contributed by atoms with E-state index in [1.165, 1.54) is 44.9 Å². The zero-order chi connectivity index (χ0) is 19.5. The summed E-state index contributed by atoms with van der Waals surface area (Å²) in [5, 5.41) is 5.41. The van der Waals surface area contributed by atoms with Gasteiger partial charge in [-0.2, -0.15) is 0 Å². The zero-order valence-electron chi connectivity index (χ0n) is 17.5. The molecule has 1 aromatic carbocycles. The third kappa shape index (κ3) is 4.28. The number of hydrogen-bond acceptors (Lipinski definition) is 3. The van der Waals surface area contributed by atoms with Gasteiger partial charge in [0.05, 0.1) is 0 Å². The lowest BCUT2D eigenvalue weighted by atomic mass is 9.49. The van der Waals surface area contributed by atoms with Gasteiger partial charge in [0.2, 0.25) is 5.91 Å². The van der Waals surface area contributed by atoms with E-state index in [4.69, 9.17) is 0 Å². The normalized spacial score (nSPS) is 33.4. The number of piperazine rings is 1. The number of nitrogens with one attached hydrogen (secondary N) is 2. The van der Waals surface area contributed by atoms with Crippen LogP contribution in [0.5, 0.6) is 0 Å². The molecule has 3 aliphatic rings.